The summed E-state index contributed by atoms with van der Waals surface area (Å²) < 4.78 is 6.73. The average molecular weight is 410 g/mol. The summed E-state index contributed by atoms with van der Waals surface area (Å²) in [5.74, 6) is 1.00. The first-order valence-electron chi connectivity index (χ1n) is 9.75. The van der Waals surface area contributed by atoms with Crippen molar-refractivity contribution < 1.29 is 4.43 Å². The lowest BCUT2D eigenvalue weighted by molar-refractivity contribution is 0.496. The second-order valence-electron chi connectivity index (χ2n) is 8.93. The molecule has 0 aromatic heterocycles. The van der Waals surface area contributed by atoms with Crippen molar-refractivity contribution in [2.24, 2.45) is 0 Å². The summed E-state index contributed by atoms with van der Waals surface area (Å²) in [6.07, 6.45) is 0. The Morgan fingerprint density at radius 2 is 1.54 bits per heavy atom. The Morgan fingerprint density at radius 1 is 0.857 bits per heavy atom. The van der Waals surface area contributed by atoms with Gasteiger partial charge in [0, 0.05) is 40.3 Å². The predicted molar refractivity (Wildman–Crippen MR) is 127 cm³/mol. The van der Waals surface area contributed by atoms with Crippen molar-refractivity contribution in [3.8, 4) is 5.75 Å². The second-order valence-corrected chi connectivity index (χ2v) is 14.8. The Kier molecular flexibility index (Phi) is 5.83. The minimum Gasteiger partial charge on any atom is -0.543 e. The molecule has 0 fully saturated rings. The number of nitrogens with zero attached hydrogens (tertiary/aromatic N) is 1. The van der Waals surface area contributed by atoms with Crippen LogP contribution in [-0.4, -0.2) is 22.4 Å². The van der Waals surface area contributed by atoms with Crippen LogP contribution in [0.3, 0.4) is 0 Å². The fourth-order valence-corrected chi connectivity index (χ4v) is 4.96. The van der Waals surface area contributed by atoms with Crippen molar-refractivity contribution in [3.05, 3.63) is 60.7 Å². The maximum Gasteiger partial charge on any atom is 0.250 e. The number of benzene rings is 3. The van der Waals surface area contributed by atoms with E-state index in [1.54, 1.807) is 0 Å². The van der Waals surface area contributed by atoms with Crippen molar-refractivity contribution in [2.45, 2.75) is 48.7 Å². The Hall–Kier alpha value is -1.91. The summed E-state index contributed by atoms with van der Waals surface area (Å²) in [6, 6.07) is 21.5. The number of anilines is 1. The van der Waals surface area contributed by atoms with E-state index in [1.807, 2.05) is 11.8 Å². The molecule has 4 heteroatoms. The summed E-state index contributed by atoms with van der Waals surface area (Å²) in [6.45, 7) is 11.5. The molecule has 3 aromatic carbocycles. The lowest BCUT2D eigenvalue weighted by Crippen LogP contribution is -2.43. The summed E-state index contributed by atoms with van der Waals surface area (Å²) >= 11 is 1.81. The molecular formula is C24H31NOSSi. The lowest BCUT2D eigenvalue weighted by Gasteiger charge is -2.37. The SMILES string of the molecule is CN(C)c1ccc(O[Si](C)(C)C(C)(C)C)c2cccc(Sc3ccccc3)c12. The number of hydrogen-bond acceptors (Lipinski definition) is 3. The first kappa shape index (κ1) is 20.8. The Balaban J connectivity index is 2.16. The van der Waals surface area contributed by atoms with Crippen LogP contribution >= 0.6 is 11.8 Å². The zero-order chi connectivity index (χ0) is 20.5. The topological polar surface area (TPSA) is 12.5 Å². The van der Waals surface area contributed by atoms with Crippen molar-refractivity contribution in [3.63, 3.8) is 0 Å². The molecule has 0 heterocycles. The van der Waals surface area contributed by atoms with Crippen LogP contribution in [0.25, 0.3) is 10.8 Å². The predicted octanol–water partition coefficient (Wildman–Crippen LogP) is 7.44. The van der Waals surface area contributed by atoms with Gasteiger partial charge in [0.15, 0.2) is 0 Å². The summed E-state index contributed by atoms with van der Waals surface area (Å²) in [5.41, 5.74) is 1.22. The van der Waals surface area contributed by atoms with Gasteiger partial charge in [0.25, 0.3) is 8.32 Å². The first-order chi connectivity index (χ1) is 13.1. The normalized spacial score (nSPS) is 12.2. The van der Waals surface area contributed by atoms with Crippen molar-refractivity contribution in [1.29, 1.82) is 0 Å². The van der Waals surface area contributed by atoms with Gasteiger partial charge in [-0.25, -0.2) is 0 Å². The highest BCUT2D eigenvalue weighted by Crippen LogP contribution is 2.44. The van der Waals surface area contributed by atoms with Gasteiger partial charge in [0.05, 0.1) is 0 Å². The molecule has 0 spiro atoms. The maximum absolute atomic E-state index is 6.73. The highest BCUT2D eigenvalue weighted by atomic mass is 32.2. The Morgan fingerprint density at radius 3 is 2.14 bits per heavy atom. The van der Waals surface area contributed by atoms with Crippen LogP contribution in [0, 0.1) is 0 Å². The molecule has 0 unspecified atom stereocenters. The first-order valence-corrected chi connectivity index (χ1v) is 13.5. The molecule has 0 bridgehead atoms. The molecule has 0 N–H and O–H groups in total. The minimum atomic E-state index is -1.92. The maximum atomic E-state index is 6.73. The van der Waals surface area contributed by atoms with Crippen molar-refractivity contribution >= 4 is 36.5 Å². The van der Waals surface area contributed by atoms with E-state index >= 15 is 0 Å². The van der Waals surface area contributed by atoms with E-state index < -0.39 is 8.32 Å². The molecule has 0 aliphatic carbocycles. The van der Waals surface area contributed by atoms with Gasteiger partial charge in [-0.2, -0.15) is 0 Å². The van der Waals surface area contributed by atoms with Crippen LogP contribution in [0.1, 0.15) is 20.8 Å². The van der Waals surface area contributed by atoms with Crippen LogP contribution in [0.5, 0.6) is 5.75 Å². The largest absolute Gasteiger partial charge is 0.543 e. The summed E-state index contributed by atoms with van der Waals surface area (Å²) in [5, 5.41) is 2.62. The van der Waals surface area contributed by atoms with E-state index in [9.17, 15) is 0 Å². The molecule has 3 aromatic rings. The van der Waals surface area contributed by atoms with Gasteiger partial charge in [-0.3, -0.25) is 0 Å². The molecule has 0 radical (unpaired) electrons. The zero-order valence-corrected chi connectivity index (χ0v) is 19.9. The fourth-order valence-electron chi connectivity index (χ4n) is 2.92. The van der Waals surface area contributed by atoms with Crippen molar-refractivity contribution in [2.75, 3.05) is 19.0 Å². The number of fused-ring (bicyclic) bond motifs is 1. The smallest absolute Gasteiger partial charge is 0.250 e. The molecule has 3 rings (SSSR count). The molecule has 0 atom stereocenters. The standard InChI is InChI=1S/C24H31NOSSi/c1-24(2,3)28(6,7)26-21-17-16-20(25(4)5)23-19(21)14-11-15-22(23)27-18-12-9-8-10-13-18/h8-17H,1-7H3. The molecule has 2 nitrogen and oxygen atoms in total. The Labute approximate surface area is 175 Å². The van der Waals surface area contributed by atoms with E-state index in [4.69, 9.17) is 4.43 Å². The monoisotopic (exact) mass is 409 g/mol. The molecule has 28 heavy (non-hydrogen) atoms. The third-order valence-electron chi connectivity index (χ3n) is 5.56. The third-order valence-corrected chi connectivity index (χ3v) is 11.0. The molecule has 0 saturated carbocycles. The van der Waals surface area contributed by atoms with Crippen LogP contribution in [0.4, 0.5) is 5.69 Å². The van der Waals surface area contributed by atoms with E-state index in [-0.39, 0.29) is 5.04 Å². The zero-order valence-electron chi connectivity index (χ0n) is 18.0. The molecule has 0 saturated heterocycles. The molecule has 0 aliphatic heterocycles. The number of rotatable bonds is 5. The molecule has 0 aliphatic rings. The number of hydrogen-bond donors (Lipinski definition) is 0. The van der Waals surface area contributed by atoms with Gasteiger partial charge >= 0.3 is 0 Å². The molecule has 148 valence electrons. The molecule has 0 amide bonds. The molecular weight excluding hydrogens is 378 g/mol. The van der Waals surface area contributed by atoms with Crippen LogP contribution in [-0.2, 0) is 0 Å². The fraction of sp³-hybridized carbons (Fsp3) is 0.333. The van der Waals surface area contributed by atoms with Gasteiger partial charge in [0.2, 0.25) is 0 Å². The van der Waals surface area contributed by atoms with Gasteiger partial charge in [-0.15, -0.1) is 0 Å². The Bertz CT molecular complexity index is 961. The van der Waals surface area contributed by atoms with E-state index in [0.717, 1.165) is 5.75 Å². The van der Waals surface area contributed by atoms with E-state index in [0.29, 0.717) is 0 Å². The van der Waals surface area contributed by atoms with E-state index in [2.05, 4.69) is 114 Å². The highest BCUT2D eigenvalue weighted by molar-refractivity contribution is 7.99. The quantitative estimate of drug-likeness (QED) is 0.406. The summed E-state index contributed by atoms with van der Waals surface area (Å²) in [7, 11) is 2.29. The van der Waals surface area contributed by atoms with Crippen LogP contribution in [0.15, 0.2) is 70.5 Å². The van der Waals surface area contributed by atoms with Gasteiger partial charge in [0.1, 0.15) is 5.75 Å². The van der Waals surface area contributed by atoms with Gasteiger partial charge in [-0.1, -0.05) is 62.9 Å². The second kappa shape index (κ2) is 7.84. The van der Waals surface area contributed by atoms with Crippen LogP contribution < -0.4 is 9.33 Å². The minimum absolute atomic E-state index is 0.163. The van der Waals surface area contributed by atoms with E-state index in [1.165, 1.54) is 26.3 Å². The van der Waals surface area contributed by atoms with Gasteiger partial charge < -0.3 is 9.33 Å². The van der Waals surface area contributed by atoms with Gasteiger partial charge in [-0.05, 0) is 48.5 Å². The van der Waals surface area contributed by atoms with Crippen molar-refractivity contribution in [1.82, 2.24) is 0 Å². The highest BCUT2D eigenvalue weighted by Gasteiger charge is 2.39. The average Bonchev–Trinajstić information content (AvgIpc) is 2.62. The third kappa shape index (κ3) is 4.23. The lowest BCUT2D eigenvalue weighted by atomic mass is 10.1. The summed E-state index contributed by atoms with van der Waals surface area (Å²) in [4.78, 5) is 4.69. The van der Waals surface area contributed by atoms with Crippen LogP contribution in [0.2, 0.25) is 18.1 Å².